The Kier molecular flexibility index (Phi) is 7.54. The van der Waals surface area contributed by atoms with Crippen molar-refractivity contribution in [2.24, 2.45) is 35.3 Å². The molecular weight excluding hydrogens is 500 g/mol. The fourth-order valence-corrected chi connectivity index (χ4v) is 8.44. The average Bonchev–Trinajstić information content (AvgIpc) is 2.94. The number of nitrogens with two attached hydrogens (primary N) is 1. The van der Waals surface area contributed by atoms with Crippen molar-refractivity contribution in [2.45, 2.75) is 63.0 Å². The van der Waals surface area contributed by atoms with Gasteiger partial charge in [0, 0.05) is 12.8 Å². The fourth-order valence-electron chi connectivity index (χ4n) is 8.44. The average molecular weight is 541 g/mol. The Morgan fingerprint density at radius 2 is 1.55 bits per heavy atom. The second kappa shape index (κ2) is 11.2. The second-order valence-electron chi connectivity index (χ2n) is 12.6. The molecule has 210 valence electrons. The Morgan fingerprint density at radius 1 is 0.900 bits per heavy atom. The van der Waals surface area contributed by atoms with Crippen molar-refractivity contribution in [1.29, 1.82) is 0 Å². The number of nitrogens with one attached hydrogen (secondary N) is 1. The SMILES string of the molecule is NC(=O)OC(Cc1cccc2ccccc12)(CC1C2CC3CC(C2)CC1C3)C(=O)NC(CO)Cc1ccccc1. The summed E-state index contributed by atoms with van der Waals surface area (Å²) in [7, 11) is 0. The number of ether oxygens (including phenoxy) is 1. The van der Waals surface area contributed by atoms with E-state index < -0.39 is 17.7 Å². The van der Waals surface area contributed by atoms with Crippen LogP contribution >= 0.6 is 0 Å². The monoisotopic (exact) mass is 540 g/mol. The number of rotatable bonds is 10. The van der Waals surface area contributed by atoms with Gasteiger partial charge in [0.05, 0.1) is 12.6 Å². The molecular formula is C34H40N2O4. The van der Waals surface area contributed by atoms with Gasteiger partial charge in [-0.1, -0.05) is 72.8 Å². The molecule has 0 spiro atoms. The Morgan fingerprint density at radius 3 is 2.23 bits per heavy atom. The van der Waals surface area contributed by atoms with E-state index in [9.17, 15) is 14.7 Å². The highest BCUT2D eigenvalue weighted by atomic mass is 16.6. The molecule has 0 aromatic heterocycles. The minimum absolute atomic E-state index is 0.223. The third-order valence-corrected chi connectivity index (χ3v) is 9.93. The molecule has 7 rings (SSSR count). The van der Waals surface area contributed by atoms with E-state index in [0.717, 1.165) is 33.7 Å². The molecule has 40 heavy (non-hydrogen) atoms. The third-order valence-electron chi connectivity index (χ3n) is 9.93. The highest BCUT2D eigenvalue weighted by molar-refractivity contribution is 5.90. The van der Waals surface area contributed by atoms with E-state index in [2.05, 4.69) is 17.4 Å². The van der Waals surface area contributed by atoms with Gasteiger partial charge in [-0.3, -0.25) is 4.79 Å². The normalized spacial score (nSPS) is 27.2. The molecule has 6 heteroatoms. The van der Waals surface area contributed by atoms with Gasteiger partial charge in [-0.05, 0) is 90.0 Å². The van der Waals surface area contributed by atoms with Crippen molar-refractivity contribution < 1.29 is 19.4 Å². The predicted molar refractivity (Wildman–Crippen MR) is 155 cm³/mol. The first-order valence-corrected chi connectivity index (χ1v) is 14.8. The summed E-state index contributed by atoms with van der Waals surface area (Å²) < 4.78 is 6.00. The van der Waals surface area contributed by atoms with Crippen LogP contribution in [0.3, 0.4) is 0 Å². The van der Waals surface area contributed by atoms with E-state index in [-0.39, 0.29) is 18.9 Å². The van der Waals surface area contributed by atoms with E-state index in [4.69, 9.17) is 10.5 Å². The number of primary amides is 1. The summed E-state index contributed by atoms with van der Waals surface area (Å²) in [5.74, 6) is 2.61. The molecule has 2 atom stereocenters. The Bertz CT molecular complexity index is 1330. The van der Waals surface area contributed by atoms with Crippen LogP contribution in [0.4, 0.5) is 4.79 Å². The van der Waals surface area contributed by atoms with Crippen molar-refractivity contribution in [3.05, 3.63) is 83.9 Å². The first-order chi connectivity index (χ1) is 19.4. The molecule has 2 amide bonds. The first kappa shape index (κ1) is 26.8. The Hall–Kier alpha value is -3.38. The molecule has 4 saturated carbocycles. The molecule has 3 aromatic rings. The van der Waals surface area contributed by atoms with E-state index >= 15 is 0 Å². The van der Waals surface area contributed by atoms with Gasteiger partial charge in [0.25, 0.3) is 5.91 Å². The van der Waals surface area contributed by atoms with Gasteiger partial charge in [0.1, 0.15) is 0 Å². The van der Waals surface area contributed by atoms with Gasteiger partial charge in [-0.2, -0.15) is 0 Å². The molecule has 4 N–H and O–H groups in total. The zero-order valence-corrected chi connectivity index (χ0v) is 23.0. The lowest BCUT2D eigenvalue weighted by molar-refractivity contribution is -0.147. The van der Waals surface area contributed by atoms with Gasteiger partial charge >= 0.3 is 6.09 Å². The number of hydrogen-bond acceptors (Lipinski definition) is 4. The Balaban J connectivity index is 1.36. The second-order valence-corrected chi connectivity index (χ2v) is 12.6. The molecule has 0 heterocycles. The number of benzene rings is 3. The Labute approximate surface area is 236 Å². The van der Waals surface area contributed by atoms with E-state index in [1.165, 1.54) is 32.1 Å². The number of fused-ring (bicyclic) bond motifs is 1. The molecule has 3 aromatic carbocycles. The molecule has 4 fully saturated rings. The van der Waals surface area contributed by atoms with E-state index in [1.807, 2.05) is 60.7 Å². The van der Waals surface area contributed by atoms with Crippen LogP contribution in [0.25, 0.3) is 10.8 Å². The quantitative estimate of drug-likeness (QED) is 0.321. The van der Waals surface area contributed by atoms with Crippen LogP contribution in [0, 0.1) is 29.6 Å². The molecule has 4 aliphatic carbocycles. The number of aliphatic hydroxyl groups is 1. The van der Waals surface area contributed by atoms with Crippen molar-refractivity contribution in [3.8, 4) is 0 Å². The first-order valence-electron chi connectivity index (χ1n) is 14.8. The third kappa shape index (κ3) is 5.46. The van der Waals surface area contributed by atoms with Gasteiger partial charge < -0.3 is 20.9 Å². The van der Waals surface area contributed by atoms with Crippen molar-refractivity contribution in [2.75, 3.05) is 6.61 Å². The highest BCUT2D eigenvalue weighted by Crippen LogP contribution is 2.58. The lowest BCUT2D eigenvalue weighted by Gasteiger charge is -2.56. The number of aliphatic hydroxyl groups excluding tert-OH is 1. The van der Waals surface area contributed by atoms with Crippen molar-refractivity contribution in [3.63, 3.8) is 0 Å². The fraction of sp³-hybridized carbons (Fsp3) is 0.471. The maximum atomic E-state index is 14.4. The largest absolute Gasteiger partial charge is 0.433 e. The highest BCUT2D eigenvalue weighted by Gasteiger charge is 2.53. The molecule has 6 nitrogen and oxygen atoms in total. The number of amides is 2. The van der Waals surface area contributed by atoms with Gasteiger partial charge in [0.15, 0.2) is 5.60 Å². The van der Waals surface area contributed by atoms with Crippen LogP contribution < -0.4 is 11.1 Å². The minimum Gasteiger partial charge on any atom is -0.433 e. The van der Waals surface area contributed by atoms with Crippen LogP contribution in [-0.2, 0) is 22.4 Å². The van der Waals surface area contributed by atoms with Crippen molar-refractivity contribution >= 4 is 22.8 Å². The van der Waals surface area contributed by atoms with Gasteiger partial charge in [-0.25, -0.2) is 4.79 Å². The maximum Gasteiger partial charge on any atom is 0.405 e. The summed E-state index contributed by atoms with van der Waals surface area (Å²) in [6.07, 6.45) is 6.36. The van der Waals surface area contributed by atoms with Crippen molar-refractivity contribution in [1.82, 2.24) is 5.32 Å². The zero-order valence-electron chi connectivity index (χ0n) is 23.0. The number of hydrogen-bond donors (Lipinski definition) is 3. The summed E-state index contributed by atoms with van der Waals surface area (Å²) in [6, 6.07) is 23.4. The lowest BCUT2D eigenvalue weighted by Crippen LogP contribution is -2.58. The minimum atomic E-state index is -1.47. The summed E-state index contributed by atoms with van der Waals surface area (Å²) in [6.45, 7) is -0.223. The van der Waals surface area contributed by atoms with Gasteiger partial charge in [-0.15, -0.1) is 0 Å². The van der Waals surface area contributed by atoms with Crippen LogP contribution in [-0.4, -0.2) is 35.4 Å². The molecule has 2 unspecified atom stereocenters. The van der Waals surface area contributed by atoms with E-state index in [0.29, 0.717) is 30.6 Å². The van der Waals surface area contributed by atoms with Crippen LogP contribution in [0.2, 0.25) is 0 Å². The standard InChI is InChI=1S/C34H40N2O4/c35-33(39)40-34(19-26-11-6-10-25-9-4-5-12-30(25)26,20-31-27-14-23-13-24(16-27)17-28(31)15-23)32(38)36-29(21-37)18-22-7-2-1-3-8-22/h1-12,23-24,27-29,31,37H,13-21H2,(H2,35,39)(H,36,38). The zero-order chi connectivity index (χ0) is 27.7. The predicted octanol–water partition coefficient (Wildman–Crippen LogP) is 5.40. The van der Waals surface area contributed by atoms with Crippen LogP contribution in [0.5, 0.6) is 0 Å². The molecule has 4 aliphatic rings. The summed E-state index contributed by atoms with van der Waals surface area (Å²) >= 11 is 0. The summed E-state index contributed by atoms with van der Waals surface area (Å²) in [5.41, 5.74) is 6.22. The lowest BCUT2D eigenvalue weighted by atomic mass is 9.50. The molecule has 0 aliphatic heterocycles. The smallest absolute Gasteiger partial charge is 0.405 e. The maximum absolute atomic E-state index is 14.4. The molecule has 0 radical (unpaired) electrons. The molecule has 0 saturated heterocycles. The van der Waals surface area contributed by atoms with Gasteiger partial charge in [0.2, 0.25) is 0 Å². The number of carbonyl (C=O) groups excluding carboxylic acids is 2. The number of carbonyl (C=O) groups is 2. The van der Waals surface area contributed by atoms with Crippen LogP contribution in [0.1, 0.15) is 49.7 Å². The molecule has 4 bridgehead atoms. The van der Waals surface area contributed by atoms with Crippen LogP contribution in [0.15, 0.2) is 72.8 Å². The topological polar surface area (TPSA) is 102 Å². The summed E-state index contributed by atoms with van der Waals surface area (Å²) in [5, 5.41) is 15.4. The van der Waals surface area contributed by atoms with E-state index in [1.54, 1.807) is 0 Å². The summed E-state index contributed by atoms with van der Waals surface area (Å²) in [4.78, 5) is 26.9.